The topological polar surface area (TPSA) is 32.3 Å². The lowest BCUT2D eigenvalue weighted by Crippen LogP contribution is -2.41. The SMILES string of the molecule is O=C(NCc1ccccc1)N1CCCCC(c2ccc(Cl)cc2)C1. The minimum atomic E-state index is 0.0275. The fourth-order valence-electron chi connectivity index (χ4n) is 3.22. The minimum absolute atomic E-state index is 0.0275. The Kier molecular flexibility index (Phi) is 5.76. The number of carbonyl (C=O) groups excluding carboxylic acids is 1. The third kappa shape index (κ3) is 4.51. The van der Waals surface area contributed by atoms with E-state index < -0.39 is 0 Å². The molecular formula is C20H23ClN2O. The number of halogens is 1. The van der Waals surface area contributed by atoms with Crippen molar-refractivity contribution in [1.29, 1.82) is 0 Å². The molecule has 0 aromatic heterocycles. The maximum atomic E-state index is 12.5. The van der Waals surface area contributed by atoms with Crippen LogP contribution in [0.5, 0.6) is 0 Å². The number of urea groups is 1. The van der Waals surface area contributed by atoms with Gasteiger partial charge in [0.15, 0.2) is 0 Å². The van der Waals surface area contributed by atoms with Gasteiger partial charge in [0.2, 0.25) is 0 Å². The molecule has 1 aliphatic heterocycles. The van der Waals surface area contributed by atoms with Gasteiger partial charge in [0.25, 0.3) is 0 Å². The molecular weight excluding hydrogens is 320 g/mol. The predicted octanol–water partition coefficient (Wildman–Crippen LogP) is 4.82. The molecule has 1 saturated heterocycles. The van der Waals surface area contributed by atoms with Gasteiger partial charge in [-0.3, -0.25) is 0 Å². The van der Waals surface area contributed by atoms with E-state index in [-0.39, 0.29) is 6.03 Å². The van der Waals surface area contributed by atoms with Gasteiger partial charge in [-0.15, -0.1) is 0 Å². The minimum Gasteiger partial charge on any atom is -0.334 e. The van der Waals surface area contributed by atoms with E-state index >= 15 is 0 Å². The lowest BCUT2D eigenvalue weighted by molar-refractivity contribution is 0.197. The lowest BCUT2D eigenvalue weighted by atomic mass is 9.94. The molecule has 0 bridgehead atoms. The highest BCUT2D eigenvalue weighted by Gasteiger charge is 2.23. The second-order valence-electron chi connectivity index (χ2n) is 6.33. The molecule has 0 aliphatic carbocycles. The predicted molar refractivity (Wildman–Crippen MR) is 98.3 cm³/mol. The Hall–Kier alpha value is -2.00. The first kappa shape index (κ1) is 16.8. The van der Waals surface area contributed by atoms with Crippen LogP contribution in [0, 0.1) is 0 Å². The van der Waals surface area contributed by atoms with Crippen molar-refractivity contribution in [3.05, 3.63) is 70.7 Å². The number of benzene rings is 2. The number of likely N-dealkylation sites (tertiary alicyclic amines) is 1. The van der Waals surface area contributed by atoms with Crippen LogP contribution in [0.4, 0.5) is 4.79 Å². The van der Waals surface area contributed by atoms with Crippen LogP contribution in [-0.2, 0) is 6.54 Å². The average molecular weight is 343 g/mol. The van der Waals surface area contributed by atoms with Crippen LogP contribution in [0.15, 0.2) is 54.6 Å². The molecule has 0 spiro atoms. The molecule has 1 atom stereocenters. The zero-order valence-electron chi connectivity index (χ0n) is 13.7. The van der Waals surface area contributed by atoms with Crippen LogP contribution in [0.1, 0.15) is 36.3 Å². The van der Waals surface area contributed by atoms with Crippen molar-refractivity contribution in [2.24, 2.45) is 0 Å². The van der Waals surface area contributed by atoms with E-state index in [1.54, 1.807) is 0 Å². The maximum Gasteiger partial charge on any atom is 0.317 e. The molecule has 4 heteroatoms. The van der Waals surface area contributed by atoms with E-state index in [1.807, 2.05) is 47.4 Å². The Labute approximate surface area is 148 Å². The molecule has 1 fully saturated rings. The van der Waals surface area contributed by atoms with Crippen molar-refractivity contribution in [3.63, 3.8) is 0 Å². The molecule has 2 aromatic rings. The number of rotatable bonds is 3. The zero-order valence-corrected chi connectivity index (χ0v) is 14.5. The first-order valence-corrected chi connectivity index (χ1v) is 8.92. The summed E-state index contributed by atoms with van der Waals surface area (Å²) in [4.78, 5) is 14.5. The standard InChI is InChI=1S/C20H23ClN2O/c21-19-11-9-17(10-12-19)18-8-4-5-13-23(15-18)20(24)22-14-16-6-2-1-3-7-16/h1-3,6-7,9-12,18H,4-5,8,13-15H2,(H,22,24). The molecule has 3 rings (SSSR count). The fraction of sp³-hybridized carbons (Fsp3) is 0.350. The third-order valence-electron chi connectivity index (χ3n) is 4.59. The summed E-state index contributed by atoms with van der Waals surface area (Å²) in [5, 5.41) is 3.80. The van der Waals surface area contributed by atoms with Crippen LogP contribution in [0.3, 0.4) is 0 Å². The second-order valence-corrected chi connectivity index (χ2v) is 6.77. The van der Waals surface area contributed by atoms with Crippen LogP contribution in [0.25, 0.3) is 0 Å². The van der Waals surface area contributed by atoms with Gasteiger partial charge >= 0.3 is 6.03 Å². The monoisotopic (exact) mass is 342 g/mol. The highest BCUT2D eigenvalue weighted by Crippen LogP contribution is 2.27. The summed E-state index contributed by atoms with van der Waals surface area (Å²) in [6.07, 6.45) is 3.32. The summed E-state index contributed by atoms with van der Waals surface area (Å²) in [5.74, 6) is 0.382. The summed E-state index contributed by atoms with van der Waals surface area (Å²) >= 11 is 5.99. The van der Waals surface area contributed by atoms with Crippen LogP contribution in [-0.4, -0.2) is 24.0 Å². The van der Waals surface area contributed by atoms with Crippen molar-refractivity contribution in [1.82, 2.24) is 10.2 Å². The van der Waals surface area contributed by atoms with Gasteiger partial charge in [-0.25, -0.2) is 4.79 Å². The van der Waals surface area contributed by atoms with Gasteiger partial charge < -0.3 is 10.2 Å². The smallest absolute Gasteiger partial charge is 0.317 e. The van der Waals surface area contributed by atoms with Gasteiger partial charge in [-0.05, 0) is 36.1 Å². The van der Waals surface area contributed by atoms with Crippen molar-refractivity contribution in [2.45, 2.75) is 31.7 Å². The fourth-order valence-corrected chi connectivity index (χ4v) is 3.34. The van der Waals surface area contributed by atoms with Crippen LogP contribution >= 0.6 is 11.6 Å². The summed E-state index contributed by atoms with van der Waals surface area (Å²) in [6.45, 7) is 2.16. The normalized spacial score (nSPS) is 18.0. The number of nitrogens with one attached hydrogen (secondary N) is 1. The summed E-state index contributed by atoms with van der Waals surface area (Å²) < 4.78 is 0. The Morgan fingerprint density at radius 2 is 1.83 bits per heavy atom. The van der Waals surface area contributed by atoms with Gasteiger partial charge in [0.05, 0.1) is 0 Å². The number of hydrogen-bond donors (Lipinski definition) is 1. The van der Waals surface area contributed by atoms with Gasteiger partial charge in [-0.2, -0.15) is 0 Å². The van der Waals surface area contributed by atoms with Crippen molar-refractivity contribution < 1.29 is 4.79 Å². The van der Waals surface area contributed by atoms with E-state index in [9.17, 15) is 4.79 Å². The number of hydrogen-bond acceptors (Lipinski definition) is 1. The molecule has 3 nitrogen and oxygen atoms in total. The molecule has 126 valence electrons. The summed E-state index contributed by atoms with van der Waals surface area (Å²) in [5.41, 5.74) is 2.39. The molecule has 2 amide bonds. The van der Waals surface area contributed by atoms with E-state index in [0.717, 1.165) is 42.9 Å². The zero-order chi connectivity index (χ0) is 16.8. The van der Waals surface area contributed by atoms with E-state index in [1.165, 1.54) is 5.56 Å². The third-order valence-corrected chi connectivity index (χ3v) is 4.84. The number of nitrogens with zero attached hydrogens (tertiary/aromatic N) is 1. The first-order valence-electron chi connectivity index (χ1n) is 8.54. The van der Waals surface area contributed by atoms with E-state index in [0.29, 0.717) is 12.5 Å². The van der Waals surface area contributed by atoms with Crippen molar-refractivity contribution in [3.8, 4) is 0 Å². The second kappa shape index (κ2) is 8.20. The number of carbonyl (C=O) groups is 1. The molecule has 0 saturated carbocycles. The van der Waals surface area contributed by atoms with Gasteiger partial charge in [0.1, 0.15) is 0 Å². The summed E-state index contributed by atoms with van der Waals surface area (Å²) in [6, 6.07) is 18.1. The van der Waals surface area contributed by atoms with Gasteiger partial charge in [0, 0.05) is 30.6 Å². The maximum absolute atomic E-state index is 12.5. The van der Waals surface area contributed by atoms with Crippen LogP contribution in [0.2, 0.25) is 5.02 Å². The molecule has 1 heterocycles. The van der Waals surface area contributed by atoms with E-state index in [2.05, 4.69) is 17.4 Å². The van der Waals surface area contributed by atoms with Gasteiger partial charge in [-0.1, -0.05) is 60.5 Å². The summed E-state index contributed by atoms with van der Waals surface area (Å²) in [7, 11) is 0. The highest BCUT2D eigenvalue weighted by molar-refractivity contribution is 6.30. The van der Waals surface area contributed by atoms with Crippen molar-refractivity contribution >= 4 is 17.6 Å². The van der Waals surface area contributed by atoms with E-state index in [4.69, 9.17) is 11.6 Å². The Morgan fingerprint density at radius 1 is 1.08 bits per heavy atom. The van der Waals surface area contributed by atoms with Crippen LogP contribution < -0.4 is 5.32 Å². The largest absolute Gasteiger partial charge is 0.334 e. The molecule has 2 aromatic carbocycles. The Balaban J connectivity index is 1.61. The Morgan fingerprint density at radius 3 is 2.58 bits per heavy atom. The molecule has 1 unspecified atom stereocenters. The number of amides is 2. The Bertz CT molecular complexity index is 657. The average Bonchev–Trinajstić information content (AvgIpc) is 2.87. The first-order chi connectivity index (χ1) is 11.7. The molecule has 1 aliphatic rings. The van der Waals surface area contributed by atoms with Crippen molar-refractivity contribution in [2.75, 3.05) is 13.1 Å². The molecule has 1 N–H and O–H groups in total. The quantitative estimate of drug-likeness (QED) is 0.852. The highest BCUT2D eigenvalue weighted by atomic mass is 35.5. The molecule has 0 radical (unpaired) electrons. The lowest BCUT2D eigenvalue weighted by Gasteiger charge is -2.25. The molecule has 24 heavy (non-hydrogen) atoms.